The fourth-order valence-electron chi connectivity index (χ4n) is 2.90. The second kappa shape index (κ2) is 7.96. The summed E-state index contributed by atoms with van der Waals surface area (Å²) < 4.78 is 5.56. The van der Waals surface area contributed by atoms with E-state index < -0.39 is 11.0 Å². The highest BCUT2D eigenvalue weighted by molar-refractivity contribution is 5.98. The second-order valence-electron chi connectivity index (χ2n) is 6.18. The lowest BCUT2D eigenvalue weighted by Gasteiger charge is -2.21. The fraction of sp³-hybridized carbons (Fsp3) is 0.353. The van der Waals surface area contributed by atoms with E-state index in [4.69, 9.17) is 10.5 Å². The number of hydrogen-bond donors (Lipinski definition) is 2. The molecule has 2 heterocycles. The summed E-state index contributed by atoms with van der Waals surface area (Å²) in [6.07, 6.45) is 3.43. The molecule has 0 radical (unpaired) electrons. The number of aromatic nitrogens is 2. The summed E-state index contributed by atoms with van der Waals surface area (Å²) in [6.45, 7) is 3.07. The number of nitrogens with one attached hydrogen (secondary N) is 1. The maximum Gasteiger partial charge on any atom is 0.325 e. The van der Waals surface area contributed by atoms with Crippen molar-refractivity contribution in [2.45, 2.75) is 25.9 Å². The summed E-state index contributed by atoms with van der Waals surface area (Å²) >= 11 is 0. The third-order valence-electron chi connectivity index (χ3n) is 4.28. The van der Waals surface area contributed by atoms with Crippen LogP contribution in [0.25, 0.3) is 0 Å². The molecule has 10 heteroatoms. The number of nitro groups is 1. The van der Waals surface area contributed by atoms with E-state index in [0.29, 0.717) is 23.6 Å². The van der Waals surface area contributed by atoms with E-state index in [1.54, 1.807) is 19.1 Å². The molecule has 0 saturated carbocycles. The SMILES string of the molecule is Cc1ccc([N+](=O)[O-])cc1N(C(N)=O)c1cc(NCC2CCCO2)ncn1. The van der Waals surface area contributed by atoms with Crippen LogP contribution in [-0.4, -0.2) is 40.2 Å². The number of aryl methyl sites for hydroxylation is 1. The average Bonchev–Trinajstić information content (AvgIpc) is 3.15. The molecule has 142 valence electrons. The Bertz CT molecular complexity index is 853. The highest BCUT2D eigenvalue weighted by Gasteiger charge is 2.22. The molecule has 1 aromatic carbocycles. The number of nitro benzene ring substituents is 1. The molecule has 1 saturated heterocycles. The van der Waals surface area contributed by atoms with Crippen LogP contribution >= 0.6 is 0 Å². The number of rotatable bonds is 6. The maximum atomic E-state index is 12.1. The van der Waals surface area contributed by atoms with Crippen LogP contribution in [0, 0.1) is 17.0 Å². The van der Waals surface area contributed by atoms with Crippen molar-refractivity contribution in [2.24, 2.45) is 5.73 Å². The van der Waals surface area contributed by atoms with Crippen LogP contribution in [0.3, 0.4) is 0 Å². The first-order valence-electron chi connectivity index (χ1n) is 8.48. The number of hydrogen-bond acceptors (Lipinski definition) is 7. The normalized spacial score (nSPS) is 16.1. The van der Waals surface area contributed by atoms with Crippen LogP contribution in [-0.2, 0) is 4.74 Å². The Morgan fingerprint density at radius 2 is 2.26 bits per heavy atom. The van der Waals surface area contributed by atoms with E-state index in [0.717, 1.165) is 24.3 Å². The van der Waals surface area contributed by atoms with Gasteiger partial charge in [0.25, 0.3) is 5.69 Å². The van der Waals surface area contributed by atoms with Crippen molar-refractivity contribution in [2.75, 3.05) is 23.4 Å². The Hall–Kier alpha value is -3.27. The lowest BCUT2D eigenvalue weighted by atomic mass is 10.1. The van der Waals surface area contributed by atoms with Crippen LogP contribution < -0.4 is 16.0 Å². The number of carbonyl (C=O) groups is 1. The van der Waals surface area contributed by atoms with Crippen molar-refractivity contribution in [3.63, 3.8) is 0 Å². The molecule has 0 spiro atoms. The predicted octanol–water partition coefficient (Wildman–Crippen LogP) is 2.50. The largest absolute Gasteiger partial charge is 0.376 e. The van der Waals surface area contributed by atoms with Gasteiger partial charge in [0.15, 0.2) is 0 Å². The summed E-state index contributed by atoms with van der Waals surface area (Å²) in [7, 11) is 0. The van der Waals surface area contributed by atoms with Gasteiger partial charge >= 0.3 is 6.03 Å². The molecule has 1 fully saturated rings. The summed E-state index contributed by atoms with van der Waals surface area (Å²) in [5, 5.41) is 14.2. The third kappa shape index (κ3) is 4.29. The quantitative estimate of drug-likeness (QED) is 0.587. The first-order chi connectivity index (χ1) is 13.0. The van der Waals surface area contributed by atoms with Gasteiger partial charge < -0.3 is 15.8 Å². The lowest BCUT2D eigenvalue weighted by Crippen LogP contribution is -2.32. The van der Waals surface area contributed by atoms with E-state index in [2.05, 4.69) is 15.3 Å². The van der Waals surface area contributed by atoms with E-state index >= 15 is 0 Å². The number of nitrogens with zero attached hydrogens (tertiary/aromatic N) is 4. The van der Waals surface area contributed by atoms with Gasteiger partial charge in [-0.15, -0.1) is 0 Å². The molecule has 3 rings (SSSR count). The van der Waals surface area contributed by atoms with Gasteiger partial charge in [0.2, 0.25) is 0 Å². The molecular weight excluding hydrogens is 352 g/mol. The molecule has 3 N–H and O–H groups in total. The second-order valence-corrected chi connectivity index (χ2v) is 6.18. The zero-order chi connectivity index (χ0) is 19.4. The number of primary amides is 1. The molecular formula is C17H20N6O4. The van der Waals surface area contributed by atoms with Crippen molar-refractivity contribution in [1.29, 1.82) is 0 Å². The molecule has 10 nitrogen and oxygen atoms in total. The third-order valence-corrected chi connectivity index (χ3v) is 4.28. The minimum absolute atomic E-state index is 0.120. The molecule has 0 aliphatic carbocycles. The van der Waals surface area contributed by atoms with E-state index in [1.165, 1.54) is 18.5 Å². The van der Waals surface area contributed by atoms with Crippen LogP contribution in [0.5, 0.6) is 0 Å². The van der Waals surface area contributed by atoms with Gasteiger partial charge in [0, 0.05) is 31.4 Å². The first-order valence-corrected chi connectivity index (χ1v) is 8.48. The highest BCUT2D eigenvalue weighted by atomic mass is 16.6. The number of amides is 2. The Labute approximate surface area is 155 Å². The maximum absolute atomic E-state index is 12.1. The number of benzene rings is 1. The van der Waals surface area contributed by atoms with Gasteiger partial charge in [-0.2, -0.15) is 0 Å². The predicted molar refractivity (Wildman–Crippen MR) is 99.1 cm³/mol. The summed E-state index contributed by atoms with van der Waals surface area (Å²) in [6, 6.07) is 4.98. The number of nitrogens with two attached hydrogens (primary N) is 1. The Balaban J connectivity index is 1.89. The van der Waals surface area contributed by atoms with Gasteiger partial charge in [0.1, 0.15) is 18.0 Å². The topological polar surface area (TPSA) is 137 Å². The van der Waals surface area contributed by atoms with Gasteiger partial charge in [0.05, 0.1) is 16.7 Å². The fourth-order valence-corrected chi connectivity index (χ4v) is 2.90. The van der Waals surface area contributed by atoms with E-state index in [9.17, 15) is 14.9 Å². The highest BCUT2D eigenvalue weighted by Crippen LogP contribution is 2.31. The Morgan fingerprint density at radius 1 is 1.44 bits per heavy atom. The molecule has 2 aromatic rings. The summed E-state index contributed by atoms with van der Waals surface area (Å²) in [5.41, 5.74) is 6.33. The average molecular weight is 372 g/mol. The van der Waals surface area contributed by atoms with Gasteiger partial charge in [-0.05, 0) is 25.3 Å². The number of non-ortho nitro benzene ring substituents is 1. The van der Waals surface area contributed by atoms with E-state index in [-0.39, 0.29) is 17.6 Å². The molecule has 27 heavy (non-hydrogen) atoms. The van der Waals surface area contributed by atoms with Gasteiger partial charge in [-0.1, -0.05) is 6.07 Å². The minimum atomic E-state index is -0.803. The molecule has 1 aliphatic rings. The molecule has 1 unspecified atom stereocenters. The minimum Gasteiger partial charge on any atom is -0.376 e. The zero-order valence-electron chi connectivity index (χ0n) is 14.8. The van der Waals surface area contributed by atoms with Crippen molar-refractivity contribution >= 4 is 29.0 Å². The molecule has 0 bridgehead atoms. The standard InChI is InChI=1S/C17H20N6O4/c1-11-4-5-12(23(25)26)7-14(11)22(17(18)24)16-8-15(20-10-21-16)19-9-13-3-2-6-27-13/h4-5,7-8,10,13H,2-3,6,9H2,1H3,(H2,18,24)(H,19,20,21). The van der Waals surface area contributed by atoms with E-state index in [1.807, 2.05) is 0 Å². The van der Waals surface area contributed by atoms with Crippen LogP contribution in [0.2, 0.25) is 0 Å². The number of ether oxygens (including phenoxy) is 1. The number of carbonyl (C=O) groups excluding carboxylic acids is 1. The molecule has 2 amide bonds. The molecule has 1 aromatic heterocycles. The summed E-state index contributed by atoms with van der Waals surface area (Å²) in [5.74, 6) is 0.723. The van der Waals surface area contributed by atoms with Crippen molar-refractivity contribution < 1.29 is 14.5 Å². The van der Waals surface area contributed by atoms with Crippen molar-refractivity contribution in [1.82, 2.24) is 9.97 Å². The zero-order valence-corrected chi connectivity index (χ0v) is 14.8. The van der Waals surface area contributed by atoms with Crippen molar-refractivity contribution in [3.8, 4) is 0 Å². The first kappa shape index (κ1) is 18.5. The Morgan fingerprint density at radius 3 is 2.93 bits per heavy atom. The number of anilines is 3. The molecule has 1 atom stereocenters. The Kier molecular flexibility index (Phi) is 5.46. The van der Waals surface area contributed by atoms with Crippen molar-refractivity contribution in [3.05, 3.63) is 46.3 Å². The van der Waals surface area contributed by atoms with Crippen LogP contribution in [0.1, 0.15) is 18.4 Å². The van der Waals surface area contributed by atoms with Crippen LogP contribution in [0.4, 0.5) is 27.8 Å². The number of urea groups is 1. The van der Waals surface area contributed by atoms with Crippen LogP contribution in [0.15, 0.2) is 30.6 Å². The van der Waals surface area contributed by atoms with Gasteiger partial charge in [-0.3, -0.25) is 10.1 Å². The summed E-state index contributed by atoms with van der Waals surface area (Å²) in [4.78, 5) is 32.0. The molecule has 1 aliphatic heterocycles. The van der Waals surface area contributed by atoms with Gasteiger partial charge in [-0.25, -0.2) is 19.7 Å². The smallest absolute Gasteiger partial charge is 0.325 e. The lowest BCUT2D eigenvalue weighted by molar-refractivity contribution is -0.384. The monoisotopic (exact) mass is 372 g/mol.